The lowest BCUT2D eigenvalue weighted by Gasteiger charge is -2.27. The summed E-state index contributed by atoms with van der Waals surface area (Å²) in [5.41, 5.74) is 2.49. The molecule has 0 atom stereocenters. The molecule has 0 saturated carbocycles. The molecular weight excluding hydrogens is 459 g/mol. The summed E-state index contributed by atoms with van der Waals surface area (Å²) < 4.78 is 13.3. The van der Waals surface area contributed by atoms with Crippen molar-refractivity contribution in [3.63, 3.8) is 0 Å². The Hall–Kier alpha value is -4.12. The molecule has 3 amide bonds. The van der Waals surface area contributed by atoms with E-state index in [1.807, 2.05) is 0 Å². The predicted octanol–water partition coefficient (Wildman–Crippen LogP) is 2.73. The van der Waals surface area contributed by atoms with E-state index >= 15 is 0 Å². The fourth-order valence-corrected chi connectivity index (χ4v) is 4.84. The highest BCUT2D eigenvalue weighted by Gasteiger charge is 2.25. The van der Waals surface area contributed by atoms with Gasteiger partial charge in [-0.25, -0.2) is 4.98 Å². The molecule has 4 aromatic rings. The summed E-state index contributed by atoms with van der Waals surface area (Å²) in [6.45, 7) is 0.737. The number of aromatic nitrogens is 3. The van der Waals surface area contributed by atoms with Crippen molar-refractivity contribution in [1.82, 2.24) is 25.4 Å². The lowest BCUT2D eigenvalue weighted by molar-refractivity contribution is -0.131. The van der Waals surface area contributed by atoms with Gasteiger partial charge in [0.1, 0.15) is 0 Å². The minimum Gasteiger partial charge on any atom is -0.343 e. The molecule has 0 spiro atoms. The van der Waals surface area contributed by atoms with E-state index < -0.39 is 5.95 Å². The zero-order chi connectivity index (χ0) is 23.7. The van der Waals surface area contributed by atoms with Gasteiger partial charge in [-0.05, 0) is 42.3 Å². The van der Waals surface area contributed by atoms with Crippen LogP contribution in [0.5, 0.6) is 0 Å². The first-order valence-corrected chi connectivity index (χ1v) is 11.3. The zero-order valence-electron chi connectivity index (χ0n) is 17.8. The molecule has 0 radical (unpaired) electrons. The fourth-order valence-electron chi connectivity index (χ4n) is 3.78. The number of anilines is 1. The zero-order valence-corrected chi connectivity index (χ0v) is 18.6. The van der Waals surface area contributed by atoms with Crippen LogP contribution in [0.4, 0.5) is 10.1 Å². The number of hydrogen-bond acceptors (Lipinski definition) is 6. The molecule has 4 heterocycles. The Morgan fingerprint density at radius 3 is 2.88 bits per heavy atom. The number of H-pyrrole nitrogens is 1. The van der Waals surface area contributed by atoms with Crippen molar-refractivity contribution in [3.05, 3.63) is 75.6 Å². The Labute approximate surface area is 197 Å². The lowest BCUT2D eigenvalue weighted by Crippen LogP contribution is -2.42. The Morgan fingerprint density at radius 2 is 2.03 bits per heavy atom. The maximum absolute atomic E-state index is 13.3. The Bertz CT molecular complexity index is 1410. The monoisotopic (exact) mass is 478 g/mol. The van der Waals surface area contributed by atoms with Gasteiger partial charge < -0.3 is 15.5 Å². The third-order valence-electron chi connectivity index (χ3n) is 5.53. The lowest BCUT2D eigenvalue weighted by atomic mass is 10.1. The van der Waals surface area contributed by atoms with E-state index in [9.17, 15) is 18.8 Å². The van der Waals surface area contributed by atoms with Crippen molar-refractivity contribution in [2.24, 2.45) is 0 Å². The minimum atomic E-state index is -0.674. The first-order valence-electron chi connectivity index (χ1n) is 10.5. The molecule has 1 aromatic carbocycles. The van der Waals surface area contributed by atoms with Crippen molar-refractivity contribution in [2.45, 2.75) is 13.0 Å². The number of carbonyl (C=O) groups excluding carboxylic acids is 3. The van der Waals surface area contributed by atoms with Gasteiger partial charge in [0.05, 0.1) is 23.1 Å². The largest absolute Gasteiger partial charge is 0.343 e. The summed E-state index contributed by atoms with van der Waals surface area (Å²) in [5.74, 6) is -1.56. The van der Waals surface area contributed by atoms with Crippen LogP contribution in [0.25, 0.3) is 10.9 Å². The van der Waals surface area contributed by atoms with Gasteiger partial charge in [0.2, 0.25) is 11.9 Å². The first-order chi connectivity index (χ1) is 16.5. The molecule has 1 aliphatic rings. The number of fused-ring (bicyclic) bond motifs is 2. The second-order valence-corrected chi connectivity index (χ2v) is 8.94. The predicted molar refractivity (Wildman–Crippen MR) is 124 cm³/mol. The van der Waals surface area contributed by atoms with Crippen LogP contribution >= 0.6 is 11.3 Å². The maximum Gasteiger partial charge on any atom is 0.265 e. The number of thiophene rings is 1. The average Bonchev–Trinajstić information content (AvgIpc) is 3.48. The van der Waals surface area contributed by atoms with E-state index in [0.717, 1.165) is 27.4 Å². The number of amides is 3. The standard InChI is InChI=1S/C23H19FN6O3S/c24-20-9-16(3-5-25-20)28-23(33)19-8-15-12-30(6-4-18(15)34-19)21(31)11-26-22(32)13-1-2-17-14(7-13)10-27-29-17/h1-3,5,7-10H,4,6,11-12H2,(H,26,32)(H,27,29)(H,25,28,33). The van der Waals surface area contributed by atoms with E-state index in [1.165, 1.54) is 23.6 Å². The van der Waals surface area contributed by atoms with E-state index in [1.54, 1.807) is 35.4 Å². The Balaban J connectivity index is 1.18. The van der Waals surface area contributed by atoms with E-state index in [4.69, 9.17) is 0 Å². The van der Waals surface area contributed by atoms with Crippen LogP contribution in [0.3, 0.4) is 0 Å². The van der Waals surface area contributed by atoms with E-state index in [2.05, 4.69) is 25.8 Å². The summed E-state index contributed by atoms with van der Waals surface area (Å²) in [6, 6.07) is 9.56. The number of aromatic amines is 1. The molecule has 0 fully saturated rings. The molecule has 0 unspecified atom stereocenters. The third-order valence-corrected chi connectivity index (χ3v) is 6.77. The van der Waals surface area contributed by atoms with Gasteiger partial charge in [-0.1, -0.05) is 0 Å². The molecule has 5 rings (SSSR count). The summed E-state index contributed by atoms with van der Waals surface area (Å²) in [5, 5.41) is 12.9. The van der Waals surface area contributed by atoms with Crippen molar-refractivity contribution >= 4 is 45.6 Å². The molecule has 0 aliphatic carbocycles. The van der Waals surface area contributed by atoms with Crippen molar-refractivity contribution in [1.29, 1.82) is 0 Å². The minimum absolute atomic E-state index is 0.122. The van der Waals surface area contributed by atoms with Crippen LogP contribution in [-0.4, -0.2) is 50.9 Å². The fraction of sp³-hybridized carbons (Fsp3) is 0.174. The summed E-state index contributed by atoms with van der Waals surface area (Å²) in [7, 11) is 0. The van der Waals surface area contributed by atoms with Gasteiger partial charge in [-0.2, -0.15) is 9.49 Å². The topological polar surface area (TPSA) is 120 Å². The van der Waals surface area contributed by atoms with Crippen molar-refractivity contribution in [2.75, 3.05) is 18.4 Å². The first kappa shape index (κ1) is 21.7. The van der Waals surface area contributed by atoms with Crippen LogP contribution in [0.15, 0.2) is 48.8 Å². The number of nitrogens with one attached hydrogen (secondary N) is 3. The molecule has 34 heavy (non-hydrogen) atoms. The van der Waals surface area contributed by atoms with Gasteiger partial charge in [0.25, 0.3) is 11.8 Å². The van der Waals surface area contributed by atoms with Gasteiger partial charge in [0.15, 0.2) is 0 Å². The van der Waals surface area contributed by atoms with Gasteiger partial charge in [-0.15, -0.1) is 11.3 Å². The Kier molecular flexibility index (Phi) is 5.76. The number of pyridine rings is 1. The highest BCUT2D eigenvalue weighted by molar-refractivity contribution is 7.14. The quantitative estimate of drug-likeness (QED) is 0.381. The maximum atomic E-state index is 13.3. The van der Waals surface area contributed by atoms with Crippen LogP contribution in [0.1, 0.15) is 30.5 Å². The number of hydrogen-bond donors (Lipinski definition) is 3. The molecule has 11 heteroatoms. The second-order valence-electron chi connectivity index (χ2n) is 7.80. The molecule has 172 valence electrons. The molecule has 1 aliphatic heterocycles. The van der Waals surface area contributed by atoms with E-state index in [0.29, 0.717) is 35.6 Å². The average molecular weight is 479 g/mol. The number of carbonyl (C=O) groups is 3. The molecule has 3 aromatic heterocycles. The van der Waals surface area contributed by atoms with E-state index in [-0.39, 0.29) is 24.3 Å². The molecule has 0 saturated heterocycles. The Morgan fingerprint density at radius 1 is 1.15 bits per heavy atom. The highest BCUT2D eigenvalue weighted by Crippen LogP contribution is 2.29. The molecule has 0 bridgehead atoms. The molecular formula is C23H19FN6O3S. The van der Waals surface area contributed by atoms with Crippen LogP contribution < -0.4 is 10.6 Å². The van der Waals surface area contributed by atoms with Crippen LogP contribution in [-0.2, 0) is 17.8 Å². The summed E-state index contributed by atoms with van der Waals surface area (Å²) in [6.07, 6.45) is 3.53. The summed E-state index contributed by atoms with van der Waals surface area (Å²) in [4.78, 5) is 44.4. The summed E-state index contributed by atoms with van der Waals surface area (Å²) >= 11 is 1.36. The van der Waals surface area contributed by atoms with Crippen LogP contribution in [0.2, 0.25) is 0 Å². The van der Waals surface area contributed by atoms with Gasteiger partial charge in [-0.3, -0.25) is 19.5 Å². The smallest absolute Gasteiger partial charge is 0.265 e. The van der Waals surface area contributed by atoms with Gasteiger partial charge in [0, 0.05) is 46.9 Å². The van der Waals surface area contributed by atoms with Crippen molar-refractivity contribution < 1.29 is 18.8 Å². The number of halogens is 1. The van der Waals surface area contributed by atoms with Gasteiger partial charge >= 0.3 is 0 Å². The second kappa shape index (κ2) is 9.02. The van der Waals surface area contributed by atoms with Crippen molar-refractivity contribution in [3.8, 4) is 0 Å². The van der Waals surface area contributed by atoms with Crippen LogP contribution in [0, 0.1) is 5.95 Å². The SMILES string of the molecule is O=C(NCC(=O)N1CCc2sc(C(=O)Nc3ccnc(F)c3)cc2C1)c1ccc2[nH]ncc2c1. The third kappa shape index (κ3) is 4.50. The molecule has 3 N–H and O–H groups in total. The number of benzene rings is 1. The molecule has 9 nitrogen and oxygen atoms in total. The number of nitrogens with zero attached hydrogens (tertiary/aromatic N) is 3. The normalized spacial score (nSPS) is 12.9. The number of rotatable bonds is 5. The highest BCUT2D eigenvalue weighted by atomic mass is 32.1.